The molecule has 2 saturated heterocycles. The van der Waals surface area contributed by atoms with E-state index in [-0.39, 0.29) is 49.0 Å². The lowest BCUT2D eigenvalue weighted by molar-refractivity contribution is -0.136. The first-order chi connectivity index (χ1) is 13.5. The molecule has 2 aliphatic heterocycles. The minimum atomic E-state index is -0.751. The minimum absolute atomic E-state index is 0. The molecule has 0 radical (unpaired) electrons. The van der Waals surface area contributed by atoms with Crippen molar-refractivity contribution in [1.29, 1.82) is 0 Å². The largest absolute Gasteiger partial charge is 0.333 e. The Morgan fingerprint density at radius 2 is 2.00 bits per heavy atom. The summed E-state index contributed by atoms with van der Waals surface area (Å²) in [6.45, 7) is 1.78. The topological polar surface area (TPSA) is 81.8 Å². The van der Waals surface area contributed by atoms with Crippen LogP contribution in [0.2, 0.25) is 0 Å². The van der Waals surface area contributed by atoms with Gasteiger partial charge in [0.05, 0.1) is 6.04 Å². The van der Waals surface area contributed by atoms with Crippen LogP contribution < -0.4 is 10.6 Å². The van der Waals surface area contributed by atoms with Gasteiger partial charge in [0.2, 0.25) is 5.91 Å². The van der Waals surface area contributed by atoms with Crippen molar-refractivity contribution < 1.29 is 18.8 Å². The van der Waals surface area contributed by atoms with Gasteiger partial charge in [-0.15, -0.1) is 12.4 Å². The molecule has 0 bridgehead atoms. The molecule has 3 fully saturated rings. The van der Waals surface area contributed by atoms with Crippen LogP contribution in [0.25, 0.3) is 0 Å². The van der Waals surface area contributed by atoms with Crippen molar-refractivity contribution in [2.24, 2.45) is 0 Å². The van der Waals surface area contributed by atoms with Gasteiger partial charge in [-0.2, -0.15) is 0 Å². The molecule has 3 aliphatic rings. The third-order valence-corrected chi connectivity index (χ3v) is 6.05. The van der Waals surface area contributed by atoms with Crippen molar-refractivity contribution in [3.05, 3.63) is 35.6 Å². The molecule has 7 nitrogen and oxygen atoms in total. The van der Waals surface area contributed by atoms with Crippen LogP contribution in [-0.4, -0.2) is 59.4 Å². The molecule has 29 heavy (non-hydrogen) atoms. The monoisotopic (exact) mass is 424 g/mol. The van der Waals surface area contributed by atoms with Crippen LogP contribution in [0, 0.1) is 5.82 Å². The van der Waals surface area contributed by atoms with Gasteiger partial charge in [0.15, 0.2) is 0 Å². The SMILES string of the molecule is Cl.O=C1NC2(CCCC2)C(=O)N1CCC(=O)N1CCNCC1c1cccc(F)c1. The maximum Gasteiger partial charge on any atom is 0.325 e. The van der Waals surface area contributed by atoms with Crippen molar-refractivity contribution in [1.82, 2.24) is 20.4 Å². The predicted molar refractivity (Wildman–Crippen MR) is 107 cm³/mol. The highest BCUT2D eigenvalue weighted by atomic mass is 35.5. The number of nitrogens with zero attached hydrogens (tertiary/aromatic N) is 2. The highest BCUT2D eigenvalue weighted by Crippen LogP contribution is 2.35. The second-order valence-corrected chi connectivity index (χ2v) is 7.79. The standard InChI is InChI=1S/C20H25FN4O3.ClH/c21-15-5-3-4-14(12-15)16-13-22-9-11-24(16)17(26)6-10-25-18(27)20(23-19(25)28)7-1-2-8-20;/h3-5,12,16,22H,1-2,6-11,13H2,(H,23,28);1H. The number of imide groups is 1. The Hall–Kier alpha value is -2.19. The van der Waals surface area contributed by atoms with Crippen LogP contribution in [-0.2, 0) is 9.59 Å². The summed E-state index contributed by atoms with van der Waals surface area (Å²) in [7, 11) is 0. The number of benzene rings is 1. The molecule has 1 aromatic carbocycles. The van der Waals surface area contributed by atoms with E-state index >= 15 is 0 Å². The fourth-order valence-electron chi connectivity index (χ4n) is 4.56. The van der Waals surface area contributed by atoms with Gasteiger partial charge in [-0.05, 0) is 30.5 Å². The van der Waals surface area contributed by atoms with E-state index in [1.54, 1.807) is 11.0 Å². The molecule has 1 atom stereocenters. The van der Waals surface area contributed by atoms with Gasteiger partial charge in [-0.25, -0.2) is 9.18 Å². The van der Waals surface area contributed by atoms with E-state index in [4.69, 9.17) is 0 Å². The number of nitrogens with one attached hydrogen (secondary N) is 2. The normalized spacial score (nSPS) is 23.3. The number of urea groups is 1. The van der Waals surface area contributed by atoms with Crippen LogP contribution >= 0.6 is 12.4 Å². The Balaban J connectivity index is 0.00000240. The number of carbonyl (C=O) groups excluding carboxylic acids is 3. The second kappa shape index (κ2) is 8.67. The Morgan fingerprint density at radius 3 is 2.72 bits per heavy atom. The number of amides is 4. The van der Waals surface area contributed by atoms with E-state index in [1.807, 2.05) is 6.07 Å². The lowest BCUT2D eigenvalue weighted by Crippen LogP contribution is -2.49. The molecule has 1 aliphatic carbocycles. The summed E-state index contributed by atoms with van der Waals surface area (Å²) < 4.78 is 13.6. The molecule has 2 N–H and O–H groups in total. The summed E-state index contributed by atoms with van der Waals surface area (Å²) in [5, 5.41) is 6.07. The molecule has 4 amide bonds. The zero-order valence-corrected chi connectivity index (χ0v) is 17.0. The lowest BCUT2D eigenvalue weighted by atomic mass is 9.98. The van der Waals surface area contributed by atoms with Crippen molar-refractivity contribution in [3.63, 3.8) is 0 Å². The molecular formula is C20H26ClFN4O3. The first-order valence-electron chi connectivity index (χ1n) is 9.90. The van der Waals surface area contributed by atoms with Gasteiger partial charge in [0, 0.05) is 32.6 Å². The third-order valence-electron chi connectivity index (χ3n) is 6.05. The average Bonchev–Trinajstić information content (AvgIpc) is 3.25. The van der Waals surface area contributed by atoms with Crippen LogP contribution in [0.3, 0.4) is 0 Å². The van der Waals surface area contributed by atoms with Crippen LogP contribution in [0.4, 0.5) is 9.18 Å². The van der Waals surface area contributed by atoms with E-state index < -0.39 is 11.6 Å². The third kappa shape index (κ3) is 4.09. The molecule has 1 saturated carbocycles. The number of piperazine rings is 1. The van der Waals surface area contributed by atoms with Crippen molar-refractivity contribution in [2.75, 3.05) is 26.2 Å². The molecule has 1 spiro atoms. The Bertz CT molecular complexity index is 800. The molecule has 2 heterocycles. The van der Waals surface area contributed by atoms with E-state index in [0.29, 0.717) is 32.5 Å². The van der Waals surface area contributed by atoms with Crippen LogP contribution in [0.5, 0.6) is 0 Å². The summed E-state index contributed by atoms with van der Waals surface area (Å²) >= 11 is 0. The number of rotatable bonds is 4. The molecule has 9 heteroatoms. The minimum Gasteiger partial charge on any atom is -0.333 e. The van der Waals surface area contributed by atoms with Gasteiger partial charge in [0.1, 0.15) is 11.4 Å². The summed E-state index contributed by atoms with van der Waals surface area (Å²) in [5.41, 5.74) is -0.0142. The van der Waals surface area contributed by atoms with E-state index in [2.05, 4.69) is 10.6 Å². The fraction of sp³-hybridized carbons (Fsp3) is 0.550. The smallest absolute Gasteiger partial charge is 0.325 e. The molecule has 158 valence electrons. The van der Waals surface area contributed by atoms with Gasteiger partial charge < -0.3 is 15.5 Å². The van der Waals surface area contributed by atoms with Crippen LogP contribution in [0.15, 0.2) is 24.3 Å². The summed E-state index contributed by atoms with van der Waals surface area (Å²) in [6.07, 6.45) is 3.26. The maximum atomic E-state index is 13.6. The predicted octanol–water partition coefficient (Wildman–Crippen LogP) is 1.98. The Kier molecular flexibility index (Phi) is 6.43. The maximum absolute atomic E-state index is 13.6. The first-order valence-corrected chi connectivity index (χ1v) is 9.90. The van der Waals surface area contributed by atoms with Crippen molar-refractivity contribution >= 4 is 30.3 Å². The summed E-state index contributed by atoms with van der Waals surface area (Å²) in [5.74, 6) is -0.676. The molecule has 4 rings (SSSR count). The molecule has 1 unspecified atom stereocenters. The molecule has 0 aromatic heterocycles. The van der Waals surface area contributed by atoms with Crippen LogP contribution in [0.1, 0.15) is 43.7 Å². The zero-order valence-electron chi connectivity index (χ0n) is 16.2. The second-order valence-electron chi connectivity index (χ2n) is 7.79. The van der Waals surface area contributed by atoms with Gasteiger partial charge in [-0.3, -0.25) is 14.5 Å². The Morgan fingerprint density at radius 1 is 1.24 bits per heavy atom. The van der Waals surface area contributed by atoms with Gasteiger partial charge >= 0.3 is 6.03 Å². The lowest BCUT2D eigenvalue weighted by Gasteiger charge is -2.37. The first kappa shape index (κ1) is 21.5. The Labute approximate surface area is 175 Å². The summed E-state index contributed by atoms with van der Waals surface area (Å²) in [4.78, 5) is 40.8. The molecular weight excluding hydrogens is 399 g/mol. The van der Waals surface area contributed by atoms with Crippen molar-refractivity contribution in [2.45, 2.75) is 43.7 Å². The van der Waals surface area contributed by atoms with E-state index in [1.165, 1.54) is 17.0 Å². The van der Waals surface area contributed by atoms with E-state index in [0.717, 1.165) is 18.4 Å². The molecule has 1 aromatic rings. The summed E-state index contributed by atoms with van der Waals surface area (Å²) in [6, 6.07) is 5.60. The highest BCUT2D eigenvalue weighted by molar-refractivity contribution is 6.07. The number of carbonyl (C=O) groups is 3. The number of hydrogen-bond donors (Lipinski definition) is 2. The van der Waals surface area contributed by atoms with Gasteiger partial charge in [0.25, 0.3) is 5.91 Å². The average molecular weight is 425 g/mol. The number of halogens is 2. The zero-order chi connectivity index (χ0) is 19.7. The van der Waals surface area contributed by atoms with Gasteiger partial charge in [-0.1, -0.05) is 25.0 Å². The van der Waals surface area contributed by atoms with E-state index in [9.17, 15) is 18.8 Å². The fourth-order valence-corrected chi connectivity index (χ4v) is 4.56. The quantitative estimate of drug-likeness (QED) is 0.724. The number of hydrogen-bond acceptors (Lipinski definition) is 4. The highest BCUT2D eigenvalue weighted by Gasteiger charge is 2.52. The van der Waals surface area contributed by atoms with Crippen molar-refractivity contribution in [3.8, 4) is 0 Å².